The van der Waals surface area contributed by atoms with Gasteiger partial charge < -0.3 is 10.2 Å². The molecule has 0 amide bonds. The summed E-state index contributed by atoms with van der Waals surface area (Å²) in [6, 6.07) is 15.1. The lowest BCUT2D eigenvalue weighted by atomic mass is 9.80. The highest BCUT2D eigenvalue weighted by atomic mass is 79.9. The molecule has 2 rings (SSSR count). The van der Waals surface area contributed by atoms with E-state index in [0.717, 1.165) is 20.1 Å². The maximum atomic E-state index is 11.1. The Bertz CT molecular complexity index is 726. The van der Waals surface area contributed by atoms with Crippen molar-refractivity contribution in [3.63, 3.8) is 0 Å². The first kappa shape index (κ1) is 22.4. The van der Waals surface area contributed by atoms with Crippen molar-refractivity contribution < 1.29 is 19.8 Å². The Labute approximate surface area is 170 Å². The molecule has 0 aliphatic carbocycles. The molecule has 0 aliphatic heterocycles. The molecule has 0 aliphatic rings. The number of carboxylic acid groups (broad SMARTS) is 2. The molecule has 0 spiro atoms. The molecular formula is C20H22Br2O4. The Morgan fingerprint density at radius 2 is 1.38 bits per heavy atom. The zero-order valence-corrected chi connectivity index (χ0v) is 17.9. The van der Waals surface area contributed by atoms with Gasteiger partial charge in [0, 0.05) is 15.4 Å². The lowest BCUT2D eigenvalue weighted by Crippen LogP contribution is -2.31. The summed E-state index contributed by atoms with van der Waals surface area (Å²) in [6.45, 7) is 3.63. The highest BCUT2D eigenvalue weighted by Gasteiger charge is 2.32. The van der Waals surface area contributed by atoms with Gasteiger partial charge >= 0.3 is 11.9 Å². The number of halogens is 2. The Morgan fingerprint density at radius 3 is 1.77 bits per heavy atom. The summed E-state index contributed by atoms with van der Waals surface area (Å²) in [5.74, 6) is -1.53. The number of aliphatic carboxylic acids is 2. The quantitative estimate of drug-likeness (QED) is 0.552. The van der Waals surface area contributed by atoms with Gasteiger partial charge in [0.25, 0.3) is 0 Å². The van der Waals surface area contributed by atoms with Crippen molar-refractivity contribution in [3.8, 4) is 0 Å². The number of carbonyl (C=O) groups is 2. The third-order valence-corrected chi connectivity index (χ3v) is 5.26. The van der Waals surface area contributed by atoms with Crippen LogP contribution in [0.4, 0.5) is 0 Å². The zero-order chi connectivity index (χ0) is 19.7. The Hall–Kier alpha value is -1.66. The molecule has 0 saturated heterocycles. The first-order chi connectivity index (χ1) is 12.2. The van der Waals surface area contributed by atoms with Gasteiger partial charge in [0.05, 0.1) is 5.41 Å². The number of benzene rings is 2. The fourth-order valence-corrected chi connectivity index (χ4v) is 2.73. The summed E-state index contributed by atoms with van der Waals surface area (Å²) in [5, 5.41) is 17.6. The topological polar surface area (TPSA) is 74.6 Å². The summed E-state index contributed by atoms with van der Waals surface area (Å²) < 4.78 is 1.98. The van der Waals surface area contributed by atoms with E-state index in [-0.39, 0.29) is 6.42 Å². The number of hydrogen-bond donors (Lipinski definition) is 2. The molecule has 1 unspecified atom stereocenters. The Morgan fingerprint density at radius 1 is 0.923 bits per heavy atom. The summed E-state index contributed by atoms with van der Waals surface area (Å²) in [4.78, 5) is 21.4. The van der Waals surface area contributed by atoms with Crippen LogP contribution in [0, 0.1) is 0 Å². The molecule has 1 atom stereocenters. The number of aryl methyl sites for hydroxylation is 1. The SMILES string of the molecule is CCC(C)(C(=O)O)c1ccc(Br)cc1.O=C(O)CCc1ccc(Br)cc1. The van der Waals surface area contributed by atoms with E-state index < -0.39 is 17.4 Å². The van der Waals surface area contributed by atoms with E-state index >= 15 is 0 Å². The standard InChI is InChI=1S/C11H13BrO2.C9H9BrO2/c1-3-11(2,10(13)14)8-4-6-9(12)7-5-8;10-8-4-1-7(2-5-8)3-6-9(11)12/h4-7H,3H2,1-2H3,(H,13,14);1-2,4-5H,3,6H2,(H,11,12). The molecule has 4 nitrogen and oxygen atoms in total. The minimum absolute atomic E-state index is 0.196. The minimum atomic E-state index is -0.777. The summed E-state index contributed by atoms with van der Waals surface area (Å²) in [5.41, 5.74) is 1.12. The zero-order valence-electron chi connectivity index (χ0n) is 14.7. The average Bonchev–Trinajstić information content (AvgIpc) is 2.61. The molecule has 0 radical (unpaired) electrons. The van der Waals surface area contributed by atoms with Gasteiger partial charge in [0.1, 0.15) is 0 Å². The molecule has 6 heteroatoms. The van der Waals surface area contributed by atoms with E-state index in [2.05, 4.69) is 31.9 Å². The number of carboxylic acids is 2. The number of rotatable bonds is 6. The molecule has 0 heterocycles. The third-order valence-electron chi connectivity index (χ3n) is 4.20. The second-order valence-electron chi connectivity index (χ2n) is 6.02. The van der Waals surface area contributed by atoms with Gasteiger partial charge in [-0.2, -0.15) is 0 Å². The van der Waals surface area contributed by atoms with Crippen molar-refractivity contribution in [1.82, 2.24) is 0 Å². The maximum absolute atomic E-state index is 11.1. The summed E-state index contributed by atoms with van der Waals surface area (Å²) in [7, 11) is 0. The van der Waals surface area contributed by atoms with Gasteiger partial charge in [-0.3, -0.25) is 9.59 Å². The van der Waals surface area contributed by atoms with Gasteiger partial charge in [-0.1, -0.05) is 63.0 Å². The lowest BCUT2D eigenvalue weighted by Gasteiger charge is -2.23. The third kappa shape index (κ3) is 6.92. The van der Waals surface area contributed by atoms with Crippen LogP contribution in [0.1, 0.15) is 37.8 Å². The van der Waals surface area contributed by atoms with Gasteiger partial charge in [-0.05, 0) is 55.2 Å². The van der Waals surface area contributed by atoms with Gasteiger partial charge in [-0.15, -0.1) is 0 Å². The monoisotopic (exact) mass is 484 g/mol. The van der Waals surface area contributed by atoms with Crippen LogP contribution in [-0.2, 0) is 21.4 Å². The molecule has 2 N–H and O–H groups in total. The van der Waals surface area contributed by atoms with Gasteiger partial charge in [0.2, 0.25) is 0 Å². The molecule has 0 bridgehead atoms. The molecule has 26 heavy (non-hydrogen) atoms. The van der Waals surface area contributed by atoms with Crippen LogP contribution >= 0.6 is 31.9 Å². The summed E-state index contributed by atoms with van der Waals surface area (Å²) >= 11 is 6.63. The van der Waals surface area contributed by atoms with Gasteiger partial charge in [0.15, 0.2) is 0 Å². The maximum Gasteiger partial charge on any atom is 0.313 e. The molecular weight excluding hydrogens is 464 g/mol. The number of hydrogen-bond acceptors (Lipinski definition) is 2. The average molecular weight is 486 g/mol. The highest BCUT2D eigenvalue weighted by Crippen LogP contribution is 2.28. The van der Waals surface area contributed by atoms with E-state index in [4.69, 9.17) is 10.2 Å². The minimum Gasteiger partial charge on any atom is -0.481 e. The second-order valence-corrected chi connectivity index (χ2v) is 7.85. The highest BCUT2D eigenvalue weighted by molar-refractivity contribution is 9.10. The van der Waals surface area contributed by atoms with E-state index in [1.165, 1.54) is 0 Å². The van der Waals surface area contributed by atoms with Crippen molar-refractivity contribution >= 4 is 43.8 Å². The van der Waals surface area contributed by atoms with Crippen molar-refractivity contribution in [2.45, 2.75) is 38.5 Å². The largest absolute Gasteiger partial charge is 0.481 e. The fourth-order valence-electron chi connectivity index (χ4n) is 2.20. The molecule has 2 aromatic rings. The molecule has 0 fully saturated rings. The smallest absolute Gasteiger partial charge is 0.313 e. The molecule has 2 aromatic carbocycles. The first-order valence-corrected chi connectivity index (χ1v) is 9.73. The lowest BCUT2D eigenvalue weighted by molar-refractivity contribution is -0.143. The van der Waals surface area contributed by atoms with E-state index in [9.17, 15) is 9.59 Å². The van der Waals surface area contributed by atoms with Crippen molar-refractivity contribution in [2.75, 3.05) is 0 Å². The second kappa shape index (κ2) is 10.5. The van der Waals surface area contributed by atoms with E-state index in [0.29, 0.717) is 12.8 Å². The predicted molar refractivity (Wildman–Crippen MR) is 110 cm³/mol. The summed E-state index contributed by atoms with van der Waals surface area (Å²) in [6.07, 6.45) is 1.38. The van der Waals surface area contributed by atoms with E-state index in [1.54, 1.807) is 6.92 Å². The van der Waals surface area contributed by atoms with Crippen LogP contribution in [0.25, 0.3) is 0 Å². The van der Waals surface area contributed by atoms with Crippen LogP contribution in [-0.4, -0.2) is 22.2 Å². The molecule has 0 saturated carbocycles. The molecule has 0 aromatic heterocycles. The fraction of sp³-hybridized carbons (Fsp3) is 0.300. The van der Waals surface area contributed by atoms with Crippen molar-refractivity contribution in [2.24, 2.45) is 0 Å². The van der Waals surface area contributed by atoms with E-state index in [1.807, 2.05) is 55.5 Å². The van der Waals surface area contributed by atoms with Crippen LogP contribution in [0.2, 0.25) is 0 Å². The Kier molecular flexibility index (Phi) is 9.02. The van der Waals surface area contributed by atoms with Crippen LogP contribution in [0.15, 0.2) is 57.5 Å². The first-order valence-electron chi connectivity index (χ1n) is 8.14. The van der Waals surface area contributed by atoms with Crippen LogP contribution in [0.3, 0.4) is 0 Å². The normalized spacial score (nSPS) is 12.5. The van der Waals surface area contributed by atoms with Crippen molar-refractivity contribution in [1.29, 1.82) is 0 Å². The van der Waals surface area contributed by atoms with Crippen molar-refractivity contribution in [3.05, 3.63) is 68.6 Å². The van der Waals surface area contributed by atoms with Crippen LogP contribution in [0.5, 0.6) is 0 Å². The van der Waals surface area contributed by atoms with Gasteiger partial charge in [-0.25, -0.2) is 0 Å². The predicted octanol–water partition coefficient (Wildman–Crippen LogP) is 5.67. The Balaban J connectivity index is 0.000000263. The van der Waals surface area contributed by atoms with Crippen LogP contribution < -0.4 is 0 Å². The molecule has 140 valence electrons.